The molecule has 154 valence electrons. The van der Waals surface area contributed by atoms with Crippen LogP contribution in [0.1, 0.15) is 5.56 Å². The molecule has 10 heteroatoms. The molecule has 3 amide bonds. The third kappa shape index (κ3) is 3.48. The van der Waals surface area contributed by atoms with Crippen LogP contribution in [0.2, 0.25) is 5.02 Å². The van der Waals surface area contributed by atoms with Crippen molar-refractivity contribution in [2.75, 3.05) is 23.9 Å². The molecule has 0 spiro atoms. The molecule has 0 aliphatic carbocycles. The SMILES string of the molecule is COc1ccc(C)cc1NC(=O)CN1N=N[C@H]2C(=O)N(c3cccc(Cl)c3)C(=O)[C@H]21. The Morgan fingerprint density at radius 3 is 2.73 bits per heavy atom. The van der Waals surface area contributed by atoms with Crippen molar-refractivity contribution >= 4 is 40.7 Å². The molecule has 0 radical (unpaired) electrons. The summed E-state index contributed by atoms with van der Waals surface area (Å²) in [6, 6.07) is 9.86. The molecular weight excluding hydrogens is 410 g/mol. The van der Waals surface area contributed by atoms with Gasteiger partial charge < -0.3 is 10.1 Å². The van der Waals surface area contributed by atoms with Crippen LogP contribution in [-0.4, -0.2) is 48.5 Å². The number of ether oxygens (including phenoxy) is 1. The van der Waals surface area contributed by atoms with Gasteiger partial charge in [0.15, 0.2) is 12.1 Å². The summed E-state index contributed by atoms with van der Waals surface area (Å²) < 4.78 is 5.26. The molecule has 2 aromatic rings. The van der Waals surface area contributed by atoms with Crippen molar-refractivity contribution in [2.45, 2.75) is 19.0 Å². The van der Waals surface area contributed by atoms with E-state index >= 15 is 0 Å². The van der Waals surface area contributed by atoms with Crippen LogP contribution in [0.3, 0.4) is 0 Å². The summed E-state index contributed by atoms with van der Waals surface area (Å²) in [5.41, 5.74) is 1.81. The number of imide groups is 1. The third-order valence-electron chi connectivity index (χ3n) is 4.86. The number of hydrogen-bond donors (Lipinski definition) is 1. The molecule has 2 atom stereocenters. The van der Waals surface area contributed by atoms with Crippen LogP contribution >= 0.6 is 11.6 Å². The molecule has 2 aliphatic rings. The topological polar surface area (TPSA) is 104 Å². The van der Waals surface area contributed by atoms with E-state index in [1.165, 1.54) is 18.2 Å². The highest BCUT2D eigenvalue weighted by molar-refractivity contribution is 6.31. The van der Waals surface area contributed by atoms with E-state index in [1.54, 1.807) is 30.3 Å². The van der Waals surface area contributed by atoms with Gasteiger partial charge in [0.1, 0.15) is 12.3 Å². The predicted molar refractivity (Wildman–Crippen MR) is 109 cm³/mol. The number of methoxy groups -OCH3 is 1. The first kappa shape index (κ1) is 19.8. The van der Waals surface area contributed by atoms with E-state index in [1.807, 2.05) is 13.0 Å². The molecule has 1 fully saturated rings. The minimum Gasteiger partial charge on any atom is -0.495 e. The van der Waals surface area contributed by atoms with Gasteiger partial charge in [0.25, 0.3) is 11.8 Å². The van der Waals surface area contributed by atoms with Crippen molar-refractivity contribution in [3.05, 3.63) is 53.1 Å². The lowest BCUT2D eigenvalue weighted by molar-refractivity contribution is -0.123. The van der Waals surface area contributed by atoms with Gasteiger partial charge in [-0.3, -0.25) is 19.4 Å². The Morgan fingerprint density at radius 1 is 1.20 bits per heavy atom. The van der Waals surface area contributed by atoms with Gasteiger partial charge in [-0.25, -0.2) is 4.90 Å². The second-order valence-electron chi connectivity index (χ2n) is 6.94. The number of fused-ring (bicyclic) bond motifs is 1. The summed E-state index contributed by atoms with van der Waals surface area (Å²) >= 11 is 5.98. The Balaban J connectivity index is 1.50. The monoisotopic (exact) mass is 427 g/mol. The largest absolute Gasteiger partial charge is 0.495 e. The van der Waals surface area contributed by atoms with Crippen LogP contribution in [0.5, 0.6) is 5.75 Å². The van der Waals surface area contributed by atoms with Gasteiger partial charge in [-0.05, 0) is 42.8 Å². The Hall–Kier alpha value is -3.46. The summed E-state index contributed by atoms with van der Waals surface area (Å²) in [6.07, 6.45) is 0. The summed E-state index contributed by atoms with van der Waals surface area (Å²) in [5, 5.41) is 12.2. The fraction of sp³-hybridized carbons (Fsp3) is 0.250. The maximum absolute atomic E-state index is 13.0. The Morgan fingerprint density at radius 2 is 2.00 bits per heavy atom. The van der Waals surface area contributed by atoms with Crippen LogP contribution in [0, 0.1) is 6.92 Å². The number of nitrogens with one attached hydrogen (secondary N) is 1. The molecule has 1 N–H and O–H groups in total. The highest BCUT2D eigenvalue weighted by atomic mass is 35.5. The van der Waals surface area contributed by atoms with Gasteiger partial charge >= 0.3 is 0 Å². The average molecular weight is 428 g/mol. The highest BCUT2D eigenvalue weighted by Crippen LogP contribution is 2.33. The summed E-state index contributed by atoms with van der Waals surface area (Å²) in [5.74, 6) is -0.911. The maximum Gasteiger partial charge on any atom is 0.263 e. The highest BCUT2D eigenvalue weighted by Gasteiger charge is 2.55. The first-order chi connectivity index (χ1) is 14.4. The van der Waals surface area contributed by atoms with Gasteiger partial charge in [-0.15, -0.1) is 0 Å². The fourth-order valence-electron chi connectivity index (χ4n) is 3.48. The predicted octanol–water partition coefficient (Wildman–Crippen LogP) is 2.59. The molecule has 30 heavy (non-hydrogen) atoms. The third-order valence-corrected chi connectivity index (χ3v) is 5.09. The van der Waals surface area contributed by atoms with Gasteiger partial charge in [-0.2, -0.15) is 5.11 Å². The number of amides is 3. The Bertz CT molecular complexity index is 1070. The Kier molecular flexibility index (Phi) is 5.13. The number of nitrogens with zero attached hydrogens (tertiary/aromatic N) is 4. The number of carbonyl (C=O) groups is 3. The summed E-state index contributed by atoms with van der Waals surface area (Å²) in [4.78, 5) is 39.3. The smallest absolute Gasteiger partial charge is 0.263 e. The molecule has 4 rings (SSSR count). The number of hydrogen-bond acceptors (Lipinski definition) is 7. The molecular formula is C20H18ClN5O4. The van der Waals surface area contributed by atoms with Gasteiger partial charge in [0.2, 0.25) is 5.91 Å². The lowest BCUT2D eigenvalue weighted by Crippen LogP contribution is -2.43. The van der Waals surface area contributed by atoms with Crippen molar-refractivity contribution < 1.29 is 19.1 Å². The molecule has 0 saturated carbocycles. The van der Waals surface area contributed by atoms with E-state index in [4.69, 9.17) is 16.3 Å². The lowest BCUT2D eigenvalue weighted by Gasteiger charge is -2.20. The van der Waals surface area contributed by atoms with Crippen molar-refractivity contribution in [3.63, 3.8) is 0 Å². The lowest BCUT2D eigenvalue weighted by atomic mass is 10.1. The first-order valence-electron chi connectivity index (χ1n) is 9.14. The molecule has 2 heterocycles. The second-order valence-corrected chi connectivity index (χ2v) is 7.37. The van der Waals surface area contributed by atoms with Crippen molar-refractivity contribution in [3.8, 4) is 5.75 Å². The minimum atomic E-state index is -0.988. The van der Waals surface area contributed by atoms with Crippen molar-refractivity contribution in [1.82, 2.24) is 5.01 Å². The van der Waals surface area contributed by atoms with Crippen LogP contribution < -0.4 is 15.0 Å². The van der Waals surface area contributed by atoms with E-state index in [9.17, 15) is 14.4 Å². The number of anilines is 2. The number of halogens is 1. The van der Waals surface area contributed by atoms with E-state index in [0.717, 1.165) is 10.5 Å². The quantitative estimate of drug-likeness (QED) is 0.738. The molecule has 2 aromatic carbocycles. The van der Waals surface area contributed by atoms with Crippen LogP contribution in [-0.2, 0) is 14.4 Å². The zero-order valence-corrected chi connectivity index (χ0v) is 17.0. The average Bonchev–Trinajstić information content (AvgIpc) is 3.21. The van der Waals surface area contributed by atoms with Gasteiger partial charge in [-0.1, -0.05) is 29.0 Å². The van der Waals surface area contributed by atoms with E-state index in [-0.39, 0.29) is 6.54 Å². The van der Waals surface area contributed by atoms with Gasteiger partial charge in [0.05, 0.1) is 18.5 Å². The zero-order valence-electron chi connectivity index (χ0n) is 16.2. The zero-order chi connectivity index (χ0) is 21.4. The summed E-state index contributed by atoms with van der Waals surface area (Å²) in [6.45, 7) is 1.64. The second kappa shape index (κ2) is 7.75. The molecule has 0 bridgehead atoms. The number of benzene rings is 2. The fourth-order valence-corrected chi connectivity index (χ4v) is 3.66. The van der Waals surface area contributed by atoms with Crippen LogP contribution in [0.4, 0.5) is 11.4 Å². The van der Waals surface area contributed by atoms with E-state index in [2.05, 4.69) is 15.7 Å². The van der Waals surface area contributed by atoms with Gasteiger partial charge in [0, 0.05) is 5.02 Å². The number of rotatable bonds is 5. The molecule has 0 unspecified atom stereocenters. The Labute approximate surface area is 177 Å². The first-order valence-corrected chi connectivity index (χ1v) is 9.52. The molecule has 1 saturated heterocycles. The number of carbonyl (C=O) groups excluding carboxylic acids is 3. The molecule has 0 aromatic heterocycles. The van der Waals surface area contributed by atoms with Crippen LogP contribution in [0.25, 0.3) is 0 Å². The van der Waals surface area contributed by atoms with E-state index < -0.39 is 29.8 Å². The van der Waals surface area contributed by atoms with Crippen molar-refractivity contribution in [2.24, 2.45) is 10.3 Å². The molecule has 9 nitrogen and oxygen atoms in total. The van der Waals surface area contributed by atoms with E-state index in [0.29, 0.717) is 22.1 Å². The normalized spacial score (nSPS) is 20.0. The summed E-state index contributed by atoms with van der Waals surface area (Å²) in [7, 11) is 1.51. The number of aryl methyl sites for hydroxylation is 1. The standard InChI is InChI=1S/C20H18ClN5O4/c1-11-6-7-15(30-2)14(8-11)22-16(27)10-25-18-17(23-24-25)19(28)26(20(18)29)13-5-3-4-12(21)9-13/h3-9,17-18H,10H2,1-2H3,(H,22,27)/t17-,18+/m1/s1. The molecule has 2 aliphatic heterocycles. The van der Waals surface area contributed by atoms with Crippen LogP contribution in [0.15, 0.2) is 52.8 Å². The maximum atomic E-state index is 13.0. The van der Waals surface area contributed by atoms with Crippen molar-refractivity contribution in [1.29, 1.82) is 0 Å². The minimum absolute atomic E-state index is 0.246.